The first-order valence-corrected chi connectivity index (χ1v) is 20.2. The Morgan fingerprint density at radius 1 is 1.03 bits per heavy atom. The summed E-state index contributed by atoms with van der Waals surface area (Å²) in [5.41, 5.74) is 3.56. The van der Waals surface area contributed by atoms with E-state index < -0.39 is 18.0 Å². The molecule has 1 aliphatic heterocycles. The number of alkyl carbamates (subject to hydrolysis) is 1. The highest BCUT2D eigenvalue weighted by Gasteiger charge is 2.32. The van der Waals surface area contributed by atoms with Gasteiger partial charge in [0.25, 0.3) is 5.91 Å². The quantitative estimate of drug-likeness (QED) is 0.0753. The van der Waals surface area contributed by atoms with E-state index >= 15 is 0 Å². The molecular formula is C40H56N10O8. The first kappa shape index (κ1) is 42.3. The predicted molar refractivity (Wildman–Crippen MR) is 215 cm³/mol. The minimum atomic E-state index is -0.703. The monoisotopic (exact) mass is 804 g/mol. The van der Waals surface area contributed by atoms with Gasteiger partial charge in [-0.15, -0.1) is 0 Å². The van der Waals surface area contributed by atoms with E-state index in [0.29, 0.717) is 62.7 Å². The van der Waals surface area contributed by atoms with E-state index in [0.717, 1.165) is 62.0 Å². The van der Waals surface area contributed by atoms with Crippen molar-refractivity contribution in [3.8, 4) is 0 Å². The average molecular weight is 805 g/mol. The summed E-state index contributed by atoms with van der Waals surface area (Å²) < 4.78 is 22.0. The topological polar surface area (TPSA) is 209 Å². The number of hydrogen-bond donors (Lipinski definition) is 4. The number of carbonyl (C=O) groups excluding carboxylic acids is 4. The van der Waals surface area contributed by atoms with Crippen LogP contribution in [0.25, 0.3) is 11.0 Å². The van der Waals surface area contributed by atoms with Crippen LogP contribution in [0.2, 0.25) is 0 Å². The molecule has 1 saturated heterocycles. The summed E-state index contributed by atoms with van der Waals surface area (Å²) in [4.78, 5) is 64.3. The van der Waals surface area contributed by atoms with Crippen molar-refractivity contribution in [1.29, 1.82) is 0 Å². The smallest absolute Gasteiger partial charge is 0.407 e. The molecule has 1 unspecified atom stereocenters. The second-order valence-corrected chi connectivity index (χ2v) is 15.4. The first-order valence-electron chi connectivity index (χ1n) is 20.2. The van der Waals surface area contributed by atoms with Crippen molar-refractivity contribution >= 4 is 40.7 Å². The molecule has 314 valence electrons. The van der Waals surface area contributed by atoms with Gasteiger partial charge in [-0.2, -0.15) is 10.2 Å². The lowest BCUT2D eigenvalue weighted by molar-refractivity contribution is -0.135. The Morgan fingerprint density at radius 3 is 2.66 bits per heavy atom. The molecule has 0 spiro atoms. The number of amides is 4. The van der Waals surface area contributed by atoms with Gasteiger partial charge in [0.05, 0.1) is 42.6 Å². The van der Waals surface area contributed by atoms with Gasteiger partial charge in [-0.1, -0.05) is 12.1 Å². The van der Waals surface area contributed by atoms with Gasteiger partial charge in [0.2, 0.25) is 11.8 Å². The SMILES string of the molecule is CC(C)NC(=O)O[C@@H]1CC[C@H](c2cc(NC(=O)c3cnn(CCOCCN(C)CCCOCCCc4cccc5c4n(C)c(=O)n5C4CCC(=O)NC4=O)c3)n[nH]2)C1. The van der Waals surface area contributed by atoms with Gasteiger partial charge in [0, 0.05) is 69.7 Å². The lowest BCUT2D eigenvalue weighted by atomic mass is 10.0. The summed E-state index contributed by atoms with van der Waals surface area (Å²) in [5, 5.41) is 19.5. The molecule has 4 amide bonds. The third-order valence-corrected chi connectivity index (χ3v) is 10.6. The summed E-state index contributed by atoms with van der Waals surface area (Å²) in [5.74, 6) is -0.464. The maximum absolute atomic E-state index is 13.2. The van der Waals surface area contributed by atoms with Crippen LogP contribution in [0, 0.1) is 0 Å². The number of nitrogens with zero attached hydrogens (tertiary/aromatic N) is 6. The standard InChI is InChI=1S/C40H56N10O8/c1-26(2)42-39(54)58-30-12-11-28(22-30)31-23-34(46-45-31)43-37(52)29-24-41-49(25-29)17-21-57-20-16-47(3)15-7-19-56-18-6-9-27-8-5-10-32-36(27)48(4)40(55)50(32)33-13-14-35(51)44-38(33)53/h5,8,10,23-26,28,30,33H,6-7,9,11-22H2,1-4H3,(H,42,54)(H,44,51,53)(H2,43,45,46,52)/t28-,30+,33?/m0/s1. The van der Waals surface area contributed by atoms with Crippen LogP contribution >= 0.6 is 0 Å². The number of imide groups is 1. The van der Waals surface area contributed by atoms with E-state index in [1.807, 2.05) is 45.2 Å². The van der Waals surface area contributed by atoms with E-state index in [-0.39, 0.29) is 42.0 Å². The predicted octanol–water partition coefficient (Wildman–Crippen LogP) is 3.25. The van der Waals surface area contributed by atoms with Crippen LogP contribution in [0.4, 0.5) is 10.6 Å². The molecular weight excluding hydrogens is 749 g/mol. The number of benzene rings is 1. The fraction of sp³-hybridized carbons (Fsp3) is 0.575. The molecule has 4 N–H and O–H groups in total. The zero-order valence-corrected chi connectivity index (χ0v) is 33.8. The third-order valence-electron chi connectivity index (χ3n) is 10.6. The van der Waals surface area contributed by atoms with Crippen LogP contribution in [-0.4, -0.2) is 117 Å². The number of imidazole rings is 1. The molecule has 1 aliphatic carbocycles. The largest absolute Gasteiger partial charge is 0.446 e. The zero-order chi connectivity index (χ0) is 41.2. The number of likely N-dealkylation sites (N-methyl/N-ethyl adjacent to an activating group) is 1. The maximum atomic E-state index is 13.2. The summed E-state index contributed by atoms with van der Waals surface area (Å²) in [6.07, 6.45) is 7.88. The molecule has 4 heterocycles. The average Bonchev–Trinajstić information content (AvgIpc) is 3.99. The van der Waals surface area contributed by atoms with Gasteiger partial charge in [-0.3, -0.25) is 38.6 Å². The van der Waals surface area contributed by atoms with Crippen LogP contribution < -0.4 is 21.6 Å². The van der Waals surface area contributed by atoms with Gasteiger partial charge in [0.15, 0.2) is 5.82 Å². The van der Waals surface area contributed by atoms with Gasteiger partial charge in [-0.05, 0) is 77.5 Å². The fourth-order valence-corrected chi connectivity index (χ4v) is 7.60. The number of H-pyrrole nitrogens is 1. The Labute approximate surface area is 336 Å². The number of rotatable bonds is 20. The summed E-state index contributed by atoms with van der Waals surface area (Å²) in [6, 6.07) is 6.89. The van der Waals surface area contributed by atoms with Crippen molar-refractivity contribution in [3.05, 3.63) is 64.0 Å². The second-order valence-electron chi connectivity index (χ2n) is 15.4. The van der Waals surface area contributed by atoms with Crippen molar-refractivity contribution in [2.75, 3.05) is 51.9 Å². The molecule has 0 radical (unpaired) electrons. The molecule has 1 saturated carbocycles. The number of aromatic amines is 1. The summed E-state index contributed by atoms with van der Waals surface area (Å²) in [7, 11) is 3.76. The first-order chi connectivity index (χ1) is 28.0. The molecule has 18 heteroatoms. The minimum Gasteiger partial charge on any atom is -0.446 e. The number of para-hydroxylation sites is 1. The second kappa shape index (κ2) is 19.9. The van der Waals surface area contributed by atoms with E-state index in [2.05, 4.69) is 36.1 Å². The Morgan fingerprint density at radius 2 is 1.84 bits per heavy atom. The highest BCUT2D eigenvalue weighted by atomic mass is 16.6. The van der Waals surface area contributed by atoms with E-state index in [4.69, 9.17) is 14.2 Å². The van der Waals surface area contributed by atoms with Crippen molar-refractivity contribution in [3.63, 3.8) is 0 Å². The summed E-state index contributed by atoms with van der Waals surface area (Å²) >= 11 is 0. The molecule has 2 aliphatic rings. The van der Waals surface area contributed by atoms with Gasteiger partial charge < -0.3 is 29.7 Å². The number of carbonyl (C=O) groups is 4. The van der Waals surface area contributed by atoms with Crippen LogP contribution in [0.15, 0.2) is 41.5 Å². The molecule has 6 rings (SSSR count). The van der Waals surface area contributed by atoms with Crippen molar-refractivity contribution in [2.45, 2.75) is 95.9 Å². The Kier molecular flexibility index (Phi) is 14.5. The van der Waals surface area contributed by atoms with Crippen LogP contribution in [0.5, 0.6) is 0 Å². The number of fused-ring (bicyclic) bond motifs is 1. The third kappa shape index (κ3) is 11.0. The highest BCUT2D eigenvalue weighted by Crippen LogP contribution is 2.36. The Bertz CT molecular complexity index is 2100. The number of hydrogen-bond acceptors (Lipinski definition) is 11. The number of ether oxygens (including phenoxy) is 3. The maximum Gasteiger partial charge on any atom is 0.407 e. The molecule has 1 aromatic carbocycles. The normalized spacial score (nSPS) is 18.3. The molecule has 4 aromatic rings. The number of anilines is 1. The van der Waals surface area contributed by atoms with E-state index in [1.165, 1.54) is 10.8 Å². The number of aryl methyl sites for hydroxylation is 2. The Hall–Kier alpha value is -5.33. The molecule has 58 heavy (non-hydrogen) atoms. The zero-order valence-electron chi connectivity index (χ0n) is 33.8. The molecule has 3 aromatic heterocycles. The van der Waals surface area contributed by atoms with Crippen molar-refractivity contribution in [1.82, 2.24) is 44.6 Å². The van der Waals surface area contributed by atoms with Crippen LogP contribution in [0.1, 0.15) is 92.4 Å². The van der Waals surface area contributed by atoms with E-state index in [1.54, 1.807) is 22.5 Å². The number of nitrogens with one attached hydrogen (secondary N) is 4. The summed E-state index contributed by atoms with van der Waals surface area (Å²) in [6.45, 7) is 8.15. The van der Waals surface area contributed by atoms with Gasteiger partial charge in [-0.25, -0.2) is 9.59 Å². The molecule has 3 atom stereocenters. The van der Waals surface area contributed by atoms with Gasteiger partial charge in [0.1, 0.15) is 12.1 Å². The van der Waals surface area contributed by atoms with Gasteiger partial charge >= 0.3 is 11.8 Å². The lowest BCUT2D eigenvalue weighted by Gasteiger charge is -2.22. The van der Waals surface area contributed by atoms with E-state index in [9.17, 15) is 24.0 Å². The minimum absolute atomic E-state index is 0.0185. The molecule has 0 bridgehead atoms. The number of aromatic nitrogens is 6. The van der Waals surface area contributed by atoms with Crippen molar-refractivity contribution in [2.24, 2.45) is 7.05 Å². The van der Waals surface area contributed by atoms with Crippen LogP contribution in [0.3, 0.4) is 0 Å². The lowest BCUT2D eigenvalue weighted by Crippen LogP contribution is -2.44. The molecule has 2 fully saturated rings. The molecule has 18 nitrogen and oxygen atoms in total. The highest BCUT2D eigenvalue weighted by molar-refractivity contribution is 6.03. The van der Waals surface area contributed by atoms with Crippen LogP contribution in [-0.2, 0) is 43.8 Å². The van der Waals surface area contributed by atoms with Crippen molar-refractivity contribution < 1.29 is 33.4 Å². The Balaban J connectivity index is 0.816. The number of piperidine rings is 1. The fourth-order valence-electron chi connectivity index (χ4n) is 7.60.